The Kier molecular flexibility index (Phi) is 2.46. The maximum absolute atomic E-state index is 10.8. The predicted molar refractivity (Wildman–Crippen MR) is 41.3 cm³/mol. The summed E-state index contributed by atoms with van der Waals surface area (Å²) in [6, 6.07) is -0.706. The number of carbonyl (C=O) groups is 2. The van der Waals surface area contributed by atoms with Gasteiger partial charge in [0, 0.05) is 0 Å². The minimum atomic E-state index is -0.912. The van der Waals surface area contributed by atoms with Crippen LogP contribution in [0.3, 0.4) is 0 Å². The molecular weight excluding hydrogens is 191 g/mol. The van der Waals surface area contributed by atoms with Gasteiger partial charge in [0.1, 0.15) is 0 Å². The third-order valence-electron chi connectivity index (χ3n) is 1.13. The Morgan fingerprint density at radius 1 is 1.55 bits per heavy atom. The van der Waals surface area contributed by atoms with Gasteiger partial charge in [-0.2, -0.15) is 4.99 Å². The number of hydrogen-bond acceptors (Lipinski definition) is 2. The van der Waals surface area contributed by atoms with Gasteiger partial charge < -0.3 is 0 Å². The van der Waals surface area contributed by atoms with Crippen molar-refractivity contribution in [3.63, 3.8) is 0 Å². The van der Waals surface area contributed by atoms with Gasteiger partial charge in [-0.15, -0.1) is 23.2 Å². The van der Waals surface area contributed by atoms with E-state index in [1.54, 1.807) is 0 Å². The fourth-order valence-corrected chi connectivity index (χ4v) is 1.11. The summed E-state index contributed by atoms with van der Waals surface area (Å²) in [6.45, 7) is 0. The van der Waals surface area contributed by atoms with Crippen molar-refractivity contribution in [2.45, 2.75) is 5.38 Å². The van der Waals surface area contributed by atoms with Crippen molar-refractivity contribution >= 4 is 40.9 Å². The van der Waals surface area contributed by atoms with Gasteiger partial charge in [0.25, 0.3) is 5.91 Å². The third kappa shape index (κ3) is 1.70. The maximum Gasteiger partial charge on any atom is 0.347 e. The van der Waals surface area contributed by atoms with Crippen molar-refractivity contribution in [2.75, 3.05) is 5.88 Å². The number of nitrogens with zero attached hydrogens (tertiary/aromatic N) is 1. The number of hydrogen-bond donors (Lipinski definition) is 1. The smallest absolute Gasteiger partial charge is 0.275 e. The summed E-state index contributed by atoms with van der Waals surface area (Å²) in [7, 11) is 0. The molecule has 6 heteroatoms. The van der Waals surface area contributed by atoms with E-state index < -0.39 is 17.3 Å². The molecule has 1 atom stereocenters. The molecule has 1 aliphatic rings. The van der Waals surface area contributed by atoms with E-state index in [-0.39, 0.29) is 11.6 Å². The van der Waals surface area contributed by atoms with Crippen molar-refractivity contribution < 1.29 is 9.59 Å². The average molecular weight is 195 g/mol. The molecule has 4 nitrogen and oxygen atoms in total. The van der Waals surface area contributed by atoms with Crippen LogP contribution in [-0.2, 0) is 4.79 Å². The second-order valence-corrected chi connectivity index (χ2v) is 2.60. The van der Waals surface area contributed by atoms with Crippen LogP contribution in [0.5, 0.6) is 0 Å². The monoisotopic (exact) mass is 194 g/mol. The molecule has 0 aromatic rings. The van der Waals surface area contributed by atoms with Gasteiger partial charge in [-0.1, -0.05) is 0 Å². The lowest BCUT2D eigenvalue weighted by atomic mass is 10.2. The van der Waals surface area contributed by atoms with Gasteiger partial charge in [0.05, 0.1) is 11.6 Å². The quantitative estimate of drug-likeness (QED) is 0.620. The van der Waals surface area contributed by atoms with E-state index in [0.29, 0.717) is 0 Å². The van der Waals surface area contributed by atoms with Crippen LogP contribution < -0.4 is 5.32 Å². The van der Waals surface area contributed by atoms with Crippen LogP contribution in [0.2, 0.25) is 0 Å². The first kappa shape index (κ1) is 8.49. The maximum atomic E-state index is 10.8. The normalized spacial score (nSPS) is 24.5. The molecule has 0 aromatic carbocycles. The molecule has 1 N–H and O–H groups in total. The van der Waals surface area contributed by atoms with Crippen molar-refractivity contribution in [3.8, 4) is 0 Å². The third-order valence-corrected chi connectivity index (χ3v) is 1.86. The number of urea groups is 1. The summed E-state index contributed by atoms with van der Waals surface area (Å²) in [4.78, 5) is 24.7. The Bertz CT molecular complexity index is 239. The molecule has 0 radical (unpaired) electrons. The molecule has 0 saturated heterocycles. The van der Waals surface area contributed by atoms with Gasteiger partial charge in [-0.3, -0.25) is 10.1 Å². The minimum absolute atomic E-state index is 0.00662. The van der Waals surface area contributed by atoms with Crippen LogP contribution in [0.4, 0.5) is 4.79 Å². The number of amides is 3. The molecule has 0 unspecified atom stereocenters. The van der Waals surface area contributed by atoms with E-state index in [4.69, 9.17) is 23.2 Å². The molecule has 0 spiro atoms. The van der Waals surface area contributed by atoms with Gasteiger partial charge in [0.2, 0.25) is 0 Å². The number of nitrogens with one attached hydrogen (secondary N) is 1. The number of rotatable bonds is 1. The molecule has 0 bridgehead atoms. The summed E-state index contributed by atoms with van der Waals surface area (Å²) in [5.74, 6) is -0.574. The molecule has 0 fully saturated rings. The molecule has 11 heavy (non-hydrogen) atoms. The van der Waals surface area contributed by atoms with E-state index in [0.717, 1.165) is 0 Å². The summed E-state index contributed by atoms with van der Waals surface area (Å²) in [6.07, 6.45) is 0. The zero-order valence-electron chi connectivity index (χ0n) is 5.30. The van der Waals surface area contributed by atoms with Gasteiger partial charge in [0.15, 0.2) is 5.38 Å². The lowest BCUT2D eigenvalue weighted by molar-refractivity contribution is -0.118. The zero-order valence-corrected chi connectivity index (χ0v) is 6.82. The Morgan fingerprint density at radius 3 is 2.73 bits per heavy atom. The number of imide groups is 1. The van der Waals surface area contributed by atoms with Crippen molar-refractivity contribution in [1.29, 1.82) is 0 Å². The highest BCUT2D eigenvalue weighted by molar-refractivity contribution is 6.49. The Morgan fingerprint density at radius 2 is 2.18 bits per heavy atom. The summed E-state index contributed by atoms with van der Waals surface area (Å²) >= 11 is 10.9. The minimum Gasteiger partial charge on any atom is -0.275 e. The van der Waals surface area contributed by atoms with Gasteiger partial charge in [-0.05, 0) is 0 Å². The number of aliphatic imine (C=N–C) groups is 1. The second kappa shape index (κ2) is 3.19. The lowest BCUT2D eigenvalue weighted by Gasteiger charge is -2.13. The highest BCUT2D eigenvalue weighted by atomic mass is 35.5. The predicted octanol–water partition coefficient (Wildman–Crippen LogP) is 0.523. The second-order valence-electron chi connectivity index (χ2n) is 1.89. The summed E-state index contributed by atoms with van der Waals surface area (Å²) in [5.41, 5.74) is 0.196. The SMILES string of the molecule is O=C1N=C(CCl)[C@H](Cl)C(=O)N1. The first-order chi connectivity index (χ1) is 5.15. The van der Waals surface area contributed by atoms with Gasteiger partial charge >= 0.3 is 6.03 Å². The summed E-state index contributed by atoms with van der Waals surface area (Å²) in [5, 5.41) is 1.03. The fraction of sp³-hybridized carbons (Fsp3) is 0.400. The van der Waals surface area contributed by atoms with Crippen LogP contribution in [-0.4, -0.2) is 28.9 Å². The van der Waals surface area contributed by atoms with Crippen LogP contribution in [0, 0.1) is 0 Å². The van der Waals surface area contributed by atoms with E-state index in [2.05, 4.69) is 4.99 Å². The number of alkyl halides is 2. The van der Waals surface area contributed by atoms with Gasteiger partial charge in [-0.25, -0.2) is 4.79 Å². The highest BCUT2D eigenvalue weighted by Gasteiger charge is 2.27. The van der Waals surface area contributed by atoms with Crippen LogP contribution in [0.1, 0.15) is 0 Å². The van der Waals surface area contributed by atoms with Crippen LogP contribution >= 0.6 is 23.2 Å². The Balaban J connectivity index is 2.89. The van der Waals surface area contributed by atoms with E-state index in [9.17, 15) is 9.59 Å². The first-order valence-electron chi connectivity index (χ1n) is 2.77. The topological polar surface area (TPSA) is 58.5 Å². The first-order valence-corrected chi connectivity index (χ1v) is 3.74. The molecule has 3 amide bonds. The fourth-order valence-electron chi connectivity index (χ4n) is 0.633. The van der Waals surface area contributed by atoms with Crippen LogP contribution in [0.15, 0.2) is 4.99 Å². The summed E-state index contributed by atoms with van der Waals surface area (Å²) < 4.78 is 0. The van der Waals surface area contributed by atoms with Crippen LogP contribution in [0.25, 0.3) is 0 Å². The standard InChI is InChI=1S/C5H4Cl2N2O2/c6-1-2-3(7)4(10)9-5(11)8-2/h3H,1H2,(H,9,10,11)/t3-/m0/s1. The molecular formula is C5H4Cl2N2O2. The molecule has 1 rings (SSSR count). The zero-order chi connectivity index (χ0) is 8.43. The van der Waals surface area contributed by atoms with Crippen molar-refractivity contribution in [2.24, 2.45) is 4.99 Å². The number of halogens is 2. The lowest BCUT2D eigenvalue weighted by Crippen LogP contribution is -2.44. The molecule has 1 aliphatic heterocycles. The highest BCUT2D eigenvalue weighted by Crippen LogP contribution is 2.06. The Hall–Kier alpha value is -0.610. The Labute approximate surface area is 72.6 Å². The average Bonchev–Trinajstić information content (AvgIpc) is 1.96. The van der Waals surface area contributed by atoms with E-state index >= 15 is 0 Å². The molecule has 0 aromatic heterocycles. The molecule has 0 saturated carbocycles. The van der Waals surface area contributed by atoms with Crippen molar-refractivity contribution in [1.82, 2.24) is 5.32 Å². The van der Waals surface area contributed by atoms with E-state index in [1.807, 2.05) is 5.32 Å². The molecule has 0 aliphatic carbocycles. The largest absolute Gasteiger partial charge is 0.347 e. The van der Waals surface area contributed by atoms with E-state index in [1.165, 1.54) is 0 Å². The molecule has 60 valence electrons. The number of carbonyl (C=O) groups excluding carboxylic acids is 2. The molecule has 1 heterocycles. The van der Waals surface area contributed by atoms with Crippen molar-refractivity contribution in [3.05, 3.63) is 0 Å².